The average Bonchev–Trinajstić information content (AvgIpc) is 3.41. The van der Waals surface area contributed by atoms with E-state index in [2.05, 4.69) is 133 Å². The molecule has 0 amide bonds. The van der Waals surface area contributed by atoms with Gasteiger partial charge in [-0.15, -0.1) is 0 Å². The van der Waals surface area contributed by atoms with Crippen LogP contribution in [0.3, 0.4) is 0 Å². The molecule has 6 aromatic carbocycles. The normalized spacial score (nSPS) is 12.7. The zero-order valence-electron chi connectivity index (χ0n) is 26.7. The first kappa shape index (κ1) is 27.5. The van der Waals surface area contributed by atoms with Crippen LogP contribution in [0.1, 0.15) is 52.7 Å². The third-order valence-electron chi connectivity index (χ3n) is 9.21. The molecule has 0 aliphatic heterocycles. The van der Waals surface area contributed by atoms with Crippen LogP contribution >= 0.6 is 0 Å². The number of benzene rings is 6. The highest BCUT2D eigenvalue weighted by Gasteiger charge is 2.20. The first-order valence-corrected chi connectivity index (χ1v) is 15.7. The molecule has 8 rings (SSSR count). The van der Waals surface area contributed by atoms with E-state index in [0.29, 0.717) is 0 Å². The number of hydrogen-bond acceptors (Lipinski definition) is 3. The number of fused-ring (bicyclic) bond motifs is 9. The third-order valence-corrected chi connectivity index (χ3v) is 9.21. The lowest BCUT2D eigenvalue weighted by atomic mass is 9.83. The molecule has 0 radical (unpaired) electrons. The van der Waals surface area contributed by atoms with E-state index in [4.69, 9.17) is 14.4 Å². The van der Waals surface area contributed by atoms with E-state index in [-0.39, 0.29) is 10.8 Å². The van der Waals surface area contributed by atoms with Crippen molar-refractivity contribution in [1.82, 2.24) is 9.97 Å². The van der Waals surface area contributed by atoms with Crippen molar-refractivity contribution < 1.29 is 4.42 Å². The Kier molecular flexibility index (Phi) is 5.96. The van der Waals surface area contributed by atoms with Crippen molar-refractivity contribution in [3.8, 4) is 22.4 Å². The first-order chi connectivity index (χ1) is 21.5. The monoisotopic (exact) mass is 584 g/mol. The van der Waals surface area contributed by atoms with E-state index < -0.39 is 0 Å². The molecule has 0 aliphatic rings. The topological polar surface area (TPSA) is 38.9 Å². The molecule has 3 heteroatoms. The minimum absolute atomic E-state index is 0.0202. The number of aromatic nitrogens is 2. The largest absolute Gasteiger partial charge is 0.456 e. The highest BCUT2D eigenvalue weighted by molar-refractivity contribution is 6.23. The molecule has 0 saturated carbocycles. The number of nitrogens with zero attached hydrogens (tertiary/aromatic N) is 2. The van der Waals surface area contributed by atoms with E-state index in [9.17, 15) is 0 Å². The SMILES string of the molecule is CC(C)(C)c1ccc2c3ccc(C(C)(C)C)cc3c3nc(-c4cccc(-c5ccc6oc7ccccc7c6c5)c4)cnc3c2c1. The number of para-hydroxylation sites is 1. The Balaban J connectivity index is 1.33. The molecule has 0 atom stereocenters. The summed E-state index contributed by atoms with van der Waals surface area (Å²) < 4.78 is 6.08. The Morgan fingerprint density at radius 1 is 0.467 bits per heavy atom. The summed E-state index contributed by atoms with van der Waals surface area (Å²) in [4.78, 5) is 10.5. The summed E-state index contributed by atoms with van der Waals surface area (Å²) in [5, 5.41) is 7.00. The fourth-order valence-electron chi connectivity index (χ4n) is 6.56. The van der Waals surface area contributed by atoms with E-state index in [1.54, 1.807) is 0 Å². The van der Waals surface area contributed by atoms with Crippen LogP contribution < -0.4 is 0 Å². The van der Waals surface area contributed by atoms with Crippen molar-refractivity contribution in [1.29, 1.82) is 0 Å². The summed E-state index contributed by atoms with van der Waals surface area (Å²) >= 11 is 0. The quantitative estimate of drug-likeness (QED) is 0.190. The molecule has 0 bridgehead atoms. The van der Waals surface area contributed by atoms with Gasteiger partial charge < -0.3 is 4.42 Å². The molecule has 0 unspecified atom stereocenters. The van der Waals surface area contributed by atoms with Gasteiger partial charge in [-0.3, -0.25) is 4.98 Å². The fraction of sp³-hybridized carbons (Fsp3) is 0.190. The molecule has 2 heterocycles. The maximum Gasteiger partial charge on any atom is 0.135 e. The molecule has 0 saturated heterocycles. The molecule has 45 heavy (non-hydrogen) atoms. The average molecular weight is 585 g/mol. The Hall–Kier alpha value is -5.02. The molecule has 0 spiro atoms. The molecule has 220 valence electrons. The van der Waals surface area contributed by atoms with E-state index >= 15 is 0 Å². The molecule has 8 aromatic rings. The summed E-state index contributed by atoms with van der Waals surface area (Å²) in [6, 6.07) is 37.0. The maximum atomic E-state index is 6.08. The van der Waals surface area contributed by atoms with Crippen LogP contribution in [0.4, 0.5) is 0 Å². The van der Waals surface area contributed by atoms with Crippen LogP contribution in [0, 0.1) is 0 Å². The second-order valence-electron chi connectivity index (χ2n) is 14.4. The van der Waals surface area contributed by atoms with Gasteiger partial charge in [-0.25, -0.2) is 4.98 Å². The Morgan fingerprint density at radius 3 is 1.80 bits per heavy atom. The summed E-state index contributed by atoms with van der Waals surface area (Å²) in [6.45, 7) is 13.6. The van der Waals surface area contributed by atoms with Crippen molar-refractivity contribution in [2.24, 2.45) is 0 Å². The summed E-state index contributed by atoms with van der Waals surface area (Å²) in [5.41, 5.74) is 10.5. The third kappa shape index (κ3) is 4.57. The second kappa shape index (κ2) is 9.74. The number of hydrogen-bond donors (Lipinski definition) is 0. The first-order valence-electron chi connectivity index (χ1n) is 15.7. The molecular formula is C42H36N2O. The van der Waals surface area contributed by atoms with Crippen LogP contribution in [-0.2, 0) is 10.8 Å². The molecule has 0 fully saturated rings. The van der Waals surface area contributed by atoms with Gasteiger partial charge in [-0.2, -0.15) is 0 Å². The van der Waals surface area contributed by atoms with Crippen LogP contribution in [0.2, 0.25) is 0 Å². The summed E-state index contributed by atoms with van der Waals surface area (Å²) in [6.07, 6.45) is 1.94. The van der Waals surface area contributed by atoms with Gasteiger partial charge in [0.15, 0.2) is 0 Å². The van der Waals surface area contributed by atoms with Gasteiger partial charge in [0.2, 0.25) is 0 Å². The van der Waals surface area contributed by atoms with Gasteiger partial charge in [0, 0.05) is 27.1 Å². The lowest BCUT2D eigenvalue weighted by Gasteiger charge is -2.22. The van der Waals surface area contributed by atoms with Gasteiger partial charge in [0.05, 0.1) is 22.9 Å². The van der Waals surface area contributed by atoms with Gasteiger partial charge in [0.25, 0.3) is 0 Å². The van der Waals surface area contributed by atoms with Crippen LogP contribution in [0.5, 0.6) is 0 Å². The smallest absolute Gasteiger partial charge is 0.135 e. The minimum atomic E-state index is 0.0202. The van der Waals surface area contributed by atoms with Crippen molar-refractivity contribution in [2.75, 3.05) is 0 Å². The van der Waals surface area contributed by atoms with Crippen LogP contribution in [-0.4, -0.2) is 9.97 Å². The minimum Gasteiger partial charge on any atom is -0.456 e. The highest BCUT2D eigenvalue weighted by atomic mass is 16.3. The lowest BCUT2D eigenvalue weighted by Crippen LogP contribution is -2.11. The lowest BCUT2D eigenvalue weighted by molar-refractivity contribution is 0.591. The maximum absolute atomic E-state index is 6.08. The van der Waals surface area contributed by atoms with Crippen molar-refractivity contribution in [3.05, 3.63) is 120 Å². The van der Waals surface area contributed by atoms with Crippen molar-refractivity contribution in [2.45, 2.75) is 52.4 Å². The Labute approximate surface area is 263 Å². The van der Waals surface area contributed by atoms with E-state index in [1.165, 1.54) is 21.9 Å². The van der Waals surface area contributed by atoms with Gasteiger partial charge >= 0.3 is 0 Å². The zero-order chi connectivity index (χ0) is 31.1. The molecular weight excluding hydrogens is 548 g/mol. The predicted molar refractivity (Wildman–Crippen MR) is 190 cm³/mol. The summed E-state index contributed by atoms with van der Waals surface area (Å²) in [7, 11) is 0. The molecule has 0 aliphatic carbocycles. The van der Waals surface area contributed by atoms with Crippen LogP contribution in [0.15, 0.2) is 114 Å². The second-order valence-corrected chi connectivity index (χ2v) is 14.4. The van der Waals surface area contributed by atoms with Crippen LogP contribution in [0.25, 0.3) is 76.9 Å². The predicted octanol–water partition coefficient (Wildman–Crippen LogP) is 11.8. The van der Waals surface area contributed by atoms with Crippen molar-refractivity contribution >= 4 is 54.5 Å². The van der Waals surface area contributed by atoms with Gasteiger partial charge in [-0.1, -0.05) is 108 Å². The van der Waals surface area contributed by atoms with E-state index in [1.807, 2.05) is 18.3 Å². The van der Waals surface area contributed by atoms with Gasteiger partial charge in [0.1, 0.15) is 11.2 Å². The number of furan rings is 1. The van der Waals surface area contributed by atoms with E-state index in [0.717, 1.165) is 66.1 Å². The zero-order valence-corrected chi connectivity index (χ0v) is 26.7. The Morgan fingerprint density at radius 2 is 1.09 bits per heavy atom. The highest BCUT2D eigenvalue weighted by Crippen LogP contribution is 2.39. The van der Waals surface area contributed by atoms with Gasteiger partial charge in [-0.05, 0) is 80.3 Å². The standard InChI is InChI=1S/C42H36N2O/c1-41(2,3)28-15-17-30-31-18-16-29(42(4,5)6)23-35(31)40-39(34(30)22-28)43-24-36(44-40)27-11-9-10-25(20-27)26-14-19-38-33(21-26)32-12-7-8-13-37(32)45-38/h7-24H,1-6H3. The molecule has 3 nitrogen and oxygen atoms in total. The number of rotatable bonds is 2. The van der Waals surface area contributed by atoms with Crippen molar-refractivity contribution in [3.63, 3.8) is 0 Å². The molecule has 2 aromatic heterocycles. The fourth-order valence-corrected chi connectivity index (χ4v) is 6.56. The summed E-state index contributed by atoms with van der Waals surface area (Å²) in [5.74, 6) is 0. The molecule has 0 N–H and O–H groups in total. The Bertz CT molecular complexity index is 2450.